The molecule has 3 nitrogen and oxygen atoms in total. The van der Waals surface area contributed by atoms with Crippen molar-refractivity contribution in [1.29, 1.82) is 0 Å². The Hall–Kier alpha value is 0.530. The molecule has 0 amide bonds. The van der Waals surface area contributed by atoms with E-state index in [4.69, 9.17) is 28.3 Å². The minimum atomic E-state index is -0.744. The summed E-state index contributed by atoms with van der Waals surface area (Å²) in [6.45, 7) is 1.53. The maximum atomic E-state index is 10.6. The lowest BCUT2D eigenvalue weighted by Crippen LogP contribution is -2.29. The molecule has 1 N–H and O–H groups in total. The summed E-state index contributed by atoms with van der Waals surface area (Å²) < 4.78 is 2.31. The van der Waals surface area contributed by atoms with Crippen LogP contribution in [0.5, 0.6) is 0 Å². The molecule has 7 heteroatoms. The summed E-state index contributed by atoms with van der Waals surface area (Å²) in [6, 6.07) is 4.24. The fraction of sp³-hybridized carbons (Fsp3) is 0.500. The number of rotatable bonds is 9. The number of hydrogen-bond donors (Lipinski definition) is 1. The van der Waals surface area contributed by atoms with E-state index in [1.165, 1.54) is 11.3 Å². The second-order valence-corrected chi connectivity index (χ2v) is 7.60. The van der Waals surface area contributed by atoms with E-state index in [-0.39, 0.29) is 6.42 Å². The van der Waals surface area contributed by atoms with Crippen molar-refractivity contribution in [1.82, 2.24) is 0 Å². The number of aliphatic carboxylic acids is 1. The lowest BCUT2D eigenvalue weighted by atomic mass is 10.1. The first kappa shape index (κ1) is 19.6. The van der Waals surface area contributed by atoms with Gasteiger partial charge in [-0.2, -0.15) is 0 Å². The third-order valence-corrected chi connectivity index (χ3v) is 4.94. The molecule has 0 bridgehead atoms. The van der Waals surface area contributed by atoms with Gasteiger partial charge in [0, 0.05) is 38.4 Å². The topological polar surface area (TPSA) is 40.5 Å². The normalized spacial score (nSPS) is 10.7. The van der Waals surface area contributed by atoms with Crippen LogP contribution in [0.2, 0.25) is 0 Å². The molecule has 0 unspecified atom stereocenters. The number of benzene rings is 1. The van der Waals surface area contributed by atoms with Crippen molar-refractivity contribution in [3.8, 4) is 0 Å². The fourth-order valence-corrected chi connectivity index (χ4v) is 5.04. The number of carboxylic acids is 1. The molecule has 1 rings (SSSR count). The summed E-state index contributed by atoms with van der Waals surface area (Å²) in [6.07, 6.45) is 1.65. The van der Waals surface area contributed by atoms with Crippen LogP contribution in [-0.2, 0) is 11.2 Å². The Morgan fingerprint density at radius 1 is 1.14 bits per heavy atom. The molecule has 0 aliphatic carbocycles. The summed E-state index contributed by atoms with van der Waals surface area (Å²) in [5.74, 6) is 0.374. The van der Waals surface area contributed by atoms with Gasteiger partial charge in [-0.05, 0) is 75.7 Å². The summed E-state index contributed by atoms with van der Waals surface area (Å²) >= 11 is 16.4. The average Bonchev–Trinajstić information content (AvgIpc) is 2.38. The van der Waals surface area contributed by atoms with Gasteiger partial charge >= 0.3 is 5.97 Å². The molecular weight excluding hydrogens is 539 g/mol. The summed E-state index contributed by atoms with van der Waals surface area (Å²) in [4.78, 5) is 12.8. The van der Waals surface area contributed by atoms with Gasteiger partial charge in [-0.25, -0.2) is 0 Å². The Bertz CT molecular complexity index is 457. The number of anilines is 1. The minimum absolute atomic E-state index is 0.208. The molecule has 0 saturated carbocycles. The van der Waals surface area contributed by atoms with E-state index < -0.39 is 5.97 Å². The molecule has 0 spiro atoms. The second-order valence-electron chi connectivity index (χ2n) is 4.52. The fourth-order valence-electron chi connectivity index (χ4n) is 2.05. The largest absolute Gasteiger partial charge is 0.481 e. The monoisotopic (exact) mass is 555 g/mol. The highest BCUT2D eigenvalue weighted by Crippen LogP contribution is 2.30. The van der Waals surface area contributed by atoms with Crippen LogP contribution in [-0.4, -0.2) is 35.9 Å². The number of halogens is 4. The zero-order valence-corrected chi connectivity index (χ0v) is 17.2. The van der Waals surface area contributed by atoms with Crippen LogP contribution in [0.3, 0.4) is 0 Å². The van der Waals surface area contributed by atoms with Crippen molar-refractivity contribution >= 4 is 80.0 Å². The lowest BCUT2D eigenvalue weighted by Gasteiger charge is -2.26. The molecule has 1 aromatic carbocycles. The third kappa shape index (κ3) is 6.66. The van der Waals surface area contributed by atoms with E-state index in [1.54, 1.807) is 0 Å². The number of hydrogen-bond acceptors (Lipinski definition) is 2. The zero-order chi connectivity index (χ0) is 15.8. The van der Waals surface area contributed by atoms with E-state index in [0.717, 1.165) is 26.7 Å². The standard InChI is InChI=1S/C14H17Cl2I2NO2/c15-4-6-19(7-5-16)14-11(17)8-10(9-12(14)18)2-1-3-13(20)21/h8-9H,1-7H2,(H,20,21). The summed E-state index contributed by atoms with van der Waals surface area (Å²) in [7, 11) is 0. The Labute approximate surface area is 162 Å². The quantitative estimate of drug-likeness (QED) is 0.358. The molecule has 0 saturated heterocycles. The molecule has 21 heavy (non-hydrogen) atoms. The van der Waals surface area contributed by atoms with E-state index in [1.807, 2.05) is 0 Å². The van der Waals surface area contributed by atoms with Crippen molar-refractivity contribution in [3.05, 3.63) is 24.8 Å². The highest BCUT2D eigenvalue weighted by Gasteiger charge is 2.14. The first-order chi connectivity index (χ1) is 9.99. The van der Waals surface area contributed by atoms with Gasteiger partial charge in [-0.1, -0.05) is 0 Å². The first-order valence-corrected chi connectivity index (χ1v) is 9.78. The number of carbonyl (C=O) groups is 1. The lowest BCUT2D eigenvalue weighted by molar-refractivity contribution is -0.137. The van der Waals surface area contributed by atoms with E-state index in [0.29, 0.717) is 18.2 Å². The maximum absolute atomic E-state index is 10.6. The van der Waals surface area contributed by atoms with Gasteiger partial charge in [0.05, 0.1) is 5.69 Å². The van der Waals surface area contributed by atoms with Crippen LogP contribution in [0.1, 0.15) is 18.4 Å². The van der Waals surface area contributed by atoms with Gasteiger partial charge in [0.2, 0.25) is 0 Å². The second kappa shape index (κ2) is 10.3. The molecule has 0 fully saturated rings. The molecule has 0 aromatic heterocycles. The highest BCUT2D eigenvalue weighted by molar-refractivity contribution is 14.1. The number of nitrogens with zero attached hydrogens (tertiary/aromatic N) is 1. The van der Waals surface area contributed by atoms with Crippen LogP contribution in [0.15, 0.2) is 12.1 Å². The molecule has 0 aliphatic heterocycles. The molecule has 1 aromatic rings. The molecule has 0 aliphatic rings. The van der Waals surface area contributed by atoms with E-state index in [2.05, 4.69) is 62.2 Å². The van der Waals surface area contributed by atoms with Gasteiger partial charge < -0.3 is 10.0 Å². The van der Waals surface area contributed by atoms with Gasteiger partial charge in [0.15, 0.2) is 0 Å². The highest BCUT2D eigenvalue weighted by atomic mass is 127. The van der Waals surface area contributed by atoms with Gasteiger partial charge in [-0.15, -0.1) is 23.2 Å². The minimum Gasteiger partial charge on any atom is -0.481 e. The first-order valence-electron chi connectivity index (χ1n) is 6.56. The molecule has 0 heterocycles. The predicted molar refractivity (Wildman–Crippen MR) is 106 cm³/mol. The van der Waals surface area contributed by atoms with Crippen molar-refractivity contribution in [3.63, 3.8) is 0 Å². The van der Waals surface area contributed by atoms with Crippen LogP contribution in [0.25, 0.3) is 0 Å². The Balaban J connectivity index is 2.89. The van der Waals surface area contributed by atoms with Crippen LogP contribution < -0.4 is 4.90 Å². The van der Waals surface area contributed by atoms with Gasteiger partial charge in [-0.3, -0.25) is 4.79 Å². The molecular formula is C14H17Cl2I2NO2. The average molecular weight is 556 g/mol. The van der Waals surface area contributed by atoms with E-state index in [9.17, 15) is 4.79 Å². The van der Waals surface area contributed by atoms with Crippen molar-refractivity contribution in [2.75, 3.05) is 29.7 Å². The number of aryl methyl sites for hydroxylation is 1. The number of carboxylic acid groups (broad SMARTS) is 1. The van der Waals surface area contributed by atoms with E-state index >= 15 is 0 Å². The number of alkyl halides is 2. The van der Waals surface area contributed by atoms with Gasteiger partial charge in [0.25, 0.3) is 0 Å². The Morgan fingerprint density at radius 3 is 2.10 bits per heavy atom. The maximum Gasteiger partial charge on any atom is 0.303 e. The zero-order valence-electron chi connectivity index (χ0n) is 11.4. The molecule has 118 valence electrons. The molecule has 0 atom stereocenters. The van der Waals surface area contributed by atoms with Gasteiger partial charge in [0.1, 0.15) is 0 Å². The van der Waals surface area contributed by atoms with Crippen molar-refractivity contribution in [2.45, 2.75) is 19.3 Å². The SMILES string of the molecule is O=C(O)CCCc1cc(I)c(N(CCCl)CCCl)c(I)c1. The molecule has 0 radical (unpaired) electrons. The van der Waals surface area contributed by atoms with Crippen molar-refractivity contribution in [2.24, 2.45) is 0 Å². The summed E-state index contributed by atoms with van der Waals surface area (Å²) in [5, 5.41) is 8.70. The van der Waals surface area contributed by atoms with Crippen molar-refractivity contribution < 1.29 is 9.90 Å². The third-order valence-electron chi connectivity index (χ3n) is 2.96. The van der Waals surface area contributed by atoms with Crippen LogP contribution in [0, 0.1) is 7.14 Å². The smallest absolute Gasteiger partial charge is 0.303 e. The predicted octanol–water partition coefficient (Wildman–Crippen LogP) is 4.59. The Morgan fingerprint density at radius 2 is 1.67 bits per heavy atom. The van der Waals surface area contributed by atoms with Crippen LogP contribution >= 0.6 is 68.4 Å². The summed E-state index contributed by atoms with van der Waals surface area (Å²) in [5.41, 5.74) is 2.34. The van der Waals surface area contributed by atoms with Crippen LogP contribution in [0.4, 0.5) is 5.69 Å². The Kier molecular flexibility index (Phi) is 9.63.